The molecule has 12 fully saturated rings. The Labute approximate surface area is 444 Å². The number of hydrogen-bond acceptors (Lipinski definition) is 13. The maximum absolute atomic E-state index is 12.0. The van der Waals surface area contributed by atoms with Crippen molar-refractivity contribution in [1.82, 2.24) is 19.6 Å². The van der Waals surface area contributed by atoms with Crippen LogP contribution in [-0.2, 0) is 49.7 Å². The van der Waals surface area contributed by atoms with Gasteiger partial charge < -0.3 is 43.7 Å². The van der Waals surface area contributed by atoms with Crippen LogP contribution in [0.15, 0.2) is 36.4 Å². The number of benzene rings is 3. The number of nitrogens with zero attached hydrogens (tertiary/aromatic N) is 4. The summed E-state index contributed by atoms with van der Waals surface area (Å²) in [6.45, 7) is 6.61. The highest BCUT2D eigenvalue weighted by molar-refractivity contribution is 5.65. The van der Waals surface area contributed by atoms with Gasteiger partial charge in [-0.25, -0.2) is 4.90 Å². The monoisotopic (exact) mass is 1030 g/mol. The lowest BCUT2D eigenvalue weighted by Crippen LogP contribution is -2.73. The highest BCUT2D eigenvalue weighted by Gasteiger charge is 2.88. The van der Waals surface area contributed by atoms with Gasteiger partial charge in [0.05, 0.1) is 0 Å². The van der Waals surface area contributed by atoms with Gasteiger partial charge in [0.1, 0.15) is 53.8 Å². The number of phenols is 3. The van der Waals surface area contributed by atoms with Crippen molar-refractivity contribution in [2.45, 2.75) is 204 Å². The van der Waals surface area contributed by atoms with E-state index < -0.39 is 35.5 Å². The van der Waals surface area contributed by atoms with Gasteiger partial charge in [-0.15, -0.1) is 0 Å². The lowest BCUT2D eigenvalue weighted by atomic mass is 9.48. The molecule has 6 saturated carbocycles. The summed E-state index contributed by atoms with van der Waals surface area (Å²) in [4.78, 5) is 11.2. The summed E-state index contributed by atoms with van der Waals surface area (Å²) in [6.07, 6.45) is 16.6. The molecule has 76 heavy (non-hydrogen) atoms. The molecule has 0 amide bonds. The Morgan fingerprint density at radius 1 is 0.408 bits per heavy atom. The number of fused-ring (bicyclic) bond motifs is 6. The van der Waals surface area contributed by atoms with Crippen molar-refractivity contribution in [2.24, 2.45) is 35.5 Å². The van der Waals surface area contributed by atoms with Crippen LogP contribution in [0.1, 0.15) is 130 Å². The zero-order valence-electron chi connectivity index (χ0n) is 43.7. The van der Waals surface area contributed by atoms with Crippen LogP contribution in [0, 0.1) is 35.5 Å². The molecule has 9 aliphatic carbocycles. The van der Waals surface area contributed by atoms with Crippen LogP contribution >= 0.6 is 0 Å². The van der Waals surface area contributed by atoms with E-state index in [2.05, 4.69) is 37.8 Å². The predicted molar refractivity (Wildman–Crippen MR) is 275 cm³/mol. The summed E-state index contributed by atoms with van der Waals surface area (Å²) in [6, 6.07) is 13.6. The van der Waals surface area contributed by atoms with Crippen molar-refractivity contribution in [3.63, 3.8) is 0 Å². The zero-order chi connectivity index (χ0) is 49.4. The summed E-state index contributed by atoms with van der Waals surface area (Å²) in [5.41, 5.74) is 3.99. The topological polar surface area (TPSA) is 129 Å². The molecule has 6 spiro atoms. The number of hydrogen-bond donors (Lipinski definition) is 3. The smallest absolute Gasteiger partial charge is 0.165 e. The first-order valence-electron chi connectivity index (χ1n) is 30.8. The molecular weight excluding hydrogens is 957 g/mol. The summed E-state index contributed by atoms with van der Waals surface area (Å²) in [7, 11) is 0. The molecule has 21 rings (SSSR count). The second-order valence-corrected chi connectivity index (χ2v) is 29.0. The Kier molecular flexibility index (Phi) is 7.64. The molecule has 6 bridgehead atoms. The molecule has 9 unspecified atom stereocenters. The standard InChI is InChI=1S/C63H72N4O9/c68-43-10-7-34-25-40-37-13-16-61(52-58(37,46(34)49(43)71-52)19-22-64(40)28-31-1-2-31)55-67-56(74-61)62(17-14-38-41-26-35-8-11-44(69)50-47(35)59(38,53(62)72-50)20-23-65(41)29-32-3-4-32)76-57(67)63(75-55)18-15-39-42-27-36-9-12-45(70)51-48(36)60(39,54(63)73-51)21-24-66(42)30-33-5-6-33/h7-12,31-33,37-42,52-57,68-70H,1-6,13-30H2/t37-,38-,39-,40+,41+,42+,52?,53?,54?,55?,56?,57?,58-,59-,60-,61?,62?,63?/m0/s1. The third-order valence-corrected chi connectivity index (χ3v) is 26.2. The Morgan fingerprint density at radius 2 is 0.724 bits per heavy atom. The molecule has 6 saturated heterocycles. The van der Waals surface area contributed by atoms with Gasteiger partial charge in [-0.1, -0.05) is 18.2 Å². The Hall–Kier alpha value is -3.82. The summed E-state index contributed by atoms with van der Waals surface area (Å²) in [5, 5.41) is 36.1. The third-order valence-electron chi connectivity index (χ3n) is 26.2. The normalized spacial score (nSPS) is 49.4. The van der Waals surface area contributed by atoms with Gasteiger partial charge in [-0.2, -0.15) is 0 Å². The lowest BCUT2D eigenvalue weighted by molar-refractivity contribution is -0.249. The zero-order valence-corrected chi connectivity index (χ0v) is 43.7. The fraction of sp³-hybridized carbons (Fsp3) is 0.714. The second-order valence-electron chi connectivity index (χ2n) is 29.0. The molecule has 18 aliphatic rings. The van der Waals surface area contributed by atoms with Crippen molar-refractivity contribution in [3.05, 3.63) is 69.8 Å². The maximum Gasteiger partial charge on any atom is 0.165 e. The minimum Gasteiger partial charge on any atom is -0.504 e. The quantitative estimate of drug-likeness (QED) is 0.232. The SMILES string of the molecule is Oc1ccc2c3c1OC1C4(CC[C@H]5[C@@H](C2)N(CC2CC2)CC[C@]315)OC1N2C4OC3(CC[C@H]4[C@H]5Cc6ccc(O)c7c6[C@@]4(CCN5CC4CC4)C3O7)C2OC12CC[C@H]1[C@H]3Cc4ccc(O)c5c4[C@@]1(CCN3CC1CC1)C2O5. The maximum atomic E-state index is 12.0. The molecular formula is C63H72N4O9. The van der Waals surface area contributed by atoms with E-state index in [1.807, 2.05) is 18.2 Å². The van der Waals surface area contributed by atoms with Crippen molar-refractivity contribution in [1.29, 1.82) is 0 Å². The Morgan fingerprint density at radius 3 is 1.03 bits per heavy atom. The van der Waals surface area contributed by atoms with Gasteiger partial charge in [0, 0.05) is 70.7 Å². The number of phenolic OH excluding ortho intramolecular Hbond substituents is 3. The van der Waals surface area contributed by atoms with Crippen LogP contribution < -0.4 is 14.2 Å². The molecule has 13 nitrogen and oxygen atoms in total. The summed E-state index contributed by atoms with van der Waals surface area (Å²) < 4.78 is 48.2. The van der Waals surface area contributed by atoms with E-state index in [-0.39, 0.29) is 51.8 Å². The van der Waals surface area contributed by atoms with E-state index in [1.54, 1.807) is 0 Å². The van der Waals surface area contributed by atoms with Crippen LogP contribution in [0.4, 0.5) is 0 Å². The number of likely N-dealkylation sites (tertiary alicyclic amines) is 3. The molecule has 13 heteroatoms. The molecule has 0 radical (unpaired) electrons. The molecule has 3 aromatic carbocycles. The van der Waals surface area contributed by atoms with E-state index >= 15 is 0 Å². The van der Waals surface area contributed by atoms with Crippen LogP contribution in [0.3, 0.4) is 0 Å². The van der Waals surface area contributed by atoms with Crippen molar-refractivity contribution >= 4 is 0 Å². The first-order chi connectivity index (χ1) is 37.2. The van der Waals surface area contributed by atoms with E-state index in [0.717, 1.165) is 114 Å². The molecule has 9 heterocycles. The van der Waals surface area contributed by atoms with E-state index in [4.69, 9.17) is 28.4 Å². The van der Waals surface area contributed by atoms with Gasteiger partial charge >= 0.3 is 0 Å². The largest absolute Gasteiger partial charge is 0.504 e. The first-order valence-corrected chi connectivity index (χ1v) is 30.8. The van der Waals surface area contributed by atoms with Crippen molar-refractivity contribution < 1.29 is 43.7 Å². The highest BCUT2D eigenvalue weighted by atomic mass is 16.7. The average Bonchev–Trinajstić information content (AvgIpc) is 4.52. The van der Waals surface area contributed by atoms with Crippen LogP contribution in [0.25, 0.3) is 0 Å². The van der Waals surface area contributed by atoms with Gasteiger partial charge in [0.25, 0.3) is 0 Å². The predicted octanol–water partition coefficient (Wildman–Crippen LogP) is 7.14. The van der Waals surface area contributed by atoms with E-state index in [1.165, 1.54) is 91.5 Å². The van der Waals surface area contributed by atoms with Crippen LogP contribution in [-0.4, -0.2) is 146 Å². The molecule has 398 valence electrons. The molecule has 0 aromatic heterocycles. The van der Waals surface area contributed by atoms with E-state index in [0.29, 0.717) is 53.1 Å². The van der Waals surface area contributed by atoms with Gasteiger partial charge in [0.2, 0.25) is 0 Å². The average molecular weight is 1030 g/mol. The summed E-state index contributed by atoms with van der Waals surface area (Å²) in [5.74, 6) is 6.29. The lowest BCUT2D eigenvalue weighted by Gasteiger charge is -2.63. The Balaban J connectivity index is 0.756. The molecule has 3 aromatic rings. The number of rotatable bonds is 6. The van der Waals surface area contributed by atoms with Crippen LogP contribution in [0.5, 0.6) is 34.5 Å². The summed E-state index contributed by atoms with van der Waals surface area (Å²) >= 11 is 0. The number of ether oxygens (including phenoxy) is 6. The van der Waals surface area contributed by atoms with Crippen molar-refractivity contribution in [3.8, 4) is 34.5 Å². The minimum absolute atomic E-state index is 0.241. The highest BCUT2D eigenvalue weighted by Crippen LogP contribution is 2.77. The molecule has 3 N–H and O–H groups in total. The van der Waals surface area contributed by atoms with Gasteiger partial charge in [-0.3, -0.25) is 14.7 Å². The minimum atomic E-state index is -0.908. The fourth-order valence-electron chi connectivity index (χ4n) is 23.1. The second kappa shape index (κ2) is 13.5. The number of aromatic hydroxyl groups is 3. The van der Waals surface area contributed by atoms with Gasteiger partial charge in [-0.05, 0) is 206 Å². The number of piperidine rings is 3. The Bertz CT molecular complexity index is 2840. The first kappa shape index (κ1) is 43.0. The fourth-order valence-corrected chi connectivity index (χ4v) is 23.1. The third kappa shape index (κ3) is 4.64. The van der Waals surface area contributed by atoms with Gasteiger partial charge in [0.15, 0.2) is 34.5 Å². The molecule has 18 atom stereocenters. The van der Waals surface area contributed by atoms with Crippen LogP contribution in [0.2, 0.25) is 0 Å². The van der Waals surface area contributed by atoms with Crippen molar-refractivity contribution in [2.75, 3.05) is 39.3 Å². The van der Waals surface area contributed by atoms with E-state index in [9.17, 15) is 15.3 Å². The molecule has 9 aliphatic heterocycles.